The number of sulfone groups is 1. The van der Waals surface area contributed by atoms with Crippen molar-refractivity contribution in [3.63, 3.8) is 0 Å². The van der Waals surface area contributed by atoms with Gasteiger partial charge in [0.1, 0.15) is 12.3 Å². The Bertz CT molecular complexity index is 537. The molecule has 94 valence electrons. The van der Waals surface area contributed by atoms with E-state index in [4.69, 9.17) is 4.52 Å². The summed E-state index contributed by atoms with van der Waals surface area (Å²) in [4.78, 5) is 0. The zero-order valence-corrected chi connectivity index (χ0v) is 11.1. The van der Waals surface area contributed by atoms with Crippen molar-refractivity contribution >= 4 is 17.2 Å². The number of alkyl halides is 1. The second-order valence-corrected chi connectivity index (χ2v) is 7.43. The topological polar surface area (TPSA) is 60.4 Å². The minimum atomic E-state index is -3.59. The summed E-state index contributed by atoms with van der Waals surface area (Å²) < 4.78 is 52.7. The molecule has 1 aliphatic rings. The van der Waals surface area contributed by atoms with Gasteiger partial charge in [0.05, 0.1) is 11.5 Å². The summed E-state index contributed by atoms with van der Waals surface area (Å²) in [6.45, 7) is 2.90. The molecule has 0 aliphatic carbocycles. The Morgan fingerprint density at radius 1 is 1.24 bits per heavy atom. The molecule has 1 fully saturated rings. The molecule has 2 unspecified atom stereocenters. The van der Waals surface area contributed by atoms with Gasteiger partial charge in [-0.2, -0.15) is 0 Å². The molecule has 0 radical (unpaired) electrons. The van der Waals surface area contributed by atoms with Gasteiger partial charge < -0.3 is 4.52 Å². The second-order valence-electron chi connectivity index (χ2n) is 3.51. The molecule has 0 bridgehead atoms. The predicted octanol–water partition coefficient (Wildman–Crippen LogP) is 1.38. The fourth-order valence-corrected chi connectivity index (χ4v) is 4.49. The molecule has 17 heavy (non-hydrogen) atoms. The van der Waals surface area contributed by atoms with E-state index in [1.54, 1.807) is 0 Å². The number of halogens is 1. The highest BCUT2D eigenvalue weighted by Gasteiger charge is 2.42. The molecule has 0 aromatic heterocycles. The Balaban J connectivity index is 2.92. The number of rotatable bonds is 2. The third-order valence-electron chi connectivity index (χ3n) is 2.04. The van der Waals surface area contributed by atoms with E-state index in [0.717, 1.165) is 0 Å². The summed E-state index contributed by atoms with van der Waals surface area (Å²) in [6, 6.07) is 0. The molecule has 0 spiro atoms. The Kier molecular flexibility index (Phi) is 4.38. The van der Waals surface area contributed by atoms with Gasteiger partial charge in [-0.25, -0.2) is 12.8 Å². The Hall–Kier alpha value is -0.810. The minimum Gasteiger partial charge on any atom is -0.303 e. The van der Waals surface area contributed by atoms with Crippen molar-refractivity contribution in [2.75, 3.05) is 11.5 Å². The van der Waals surface area contributed by atoms with Crippen molar-refractivity contribution in [1.82, 2.24) is 0 Å². The molecule has 1 heterocycles. The summed E-state index contributed by atoms with van der Waals surface area (Å²) in [5, 5.41) is 0. The molecular weight excluding hydrogens is 266 g/mol. The van der Waals surface area contributed by atoms with Gasteiger partial charge in [0.25, 0.3) is 0 Å². The standard InChI is InChI=1S/C10H12FO4PS/c1-3-5-16(12,6-4-2)15-10-8-17(13,14)7-9(10)11/h9-10H,7-8H2,1-2H3. The molecule has 2 atom stereocenters. The lowest BCUT2D eigenvalue weighted by Gasteiger charge is -2.14. The van der Waals surface area contributed by atoms with Crippen LogP contribution in [0.3, 0.4) is 0 Å². The molecule has 0 saturated carbocycles. The third-order valence-corrected chi connectivity index (χ3v) is 5.30. The molecule has 1 saturated heterocycles. The zero-order chi connectivity index (χ0) is 13.1. The van der Waals surface area contributed by atoms with Crippen LogP contribution in [0.2, 0.25) is 0 Å². The van der Waals surface area contributed by atoms with E-state index < -0.39 is 41.0 Å². The van der Waals surface area contributed by atoms with Crippen molar-refractivity contribution in [1.29, 1.82) is 0 Å². The van der Waals surface area contributed by atoms with Gasteiger partial charge in [-0.3, -0.25) is 4.57 Å². The molecule has 1 rings (SSSR count). The normalized spacial score (nSPS) is 26.5. The van der Waals surface area contributed by atoms with E-state index in [1.807, 2.05) is 0 Å². The summed E-state index contributed by atoms with van der Waals surface area (Å²) in [7, 11) is -7.05. The van der Waals surface area contributed by atoms with E-state index >= 15 is 0 Å². The molecule has 7 heteroatoms. The first-order chi connectivity index (χ1) is 7.82. The van der Waals surface area contributed by atoms with Gasteiger partial charge in [-0.1, -0.05) is 11.8 Å². The first kappa shape index (κ1) is 14.3. The van der Waals surface area contributed by atoms with Crippen LogP contribution < -0.4 is 0 Å². The maximum atomic E-state index is 13.4. The molecule has 0 aromatic rings. The Morgan fingerprint density at radius 2 is 1.76 bits per heavy atom. The smallest absolute Gasteiger partial charge is 0.303 e. The van der Waals surface area contributed by atoms with Crippen molar-refractivity contribution in [2.45, 2.75) is 26.1 Å². The van der Waals surface area contributed by atoms with Crippen LogP contribution in [-0.2, 0) is 18.9 Å². The summed E-state index contributed by atoms with van der Waals surface area (Å²) in [5.74, 6) is 3.70. The number of hydrogen-bond donors (Lipinski definition) is 0. The lowest BCUT2D eigenvalue weighted by molar-refractivity contribution is 0.148. The van der Waals surface area contributed by atoms with Gasteiger partial charge in [-0.05, 0) is 13.8 Å². The van der Waals surface area contributed by atoms with Gasteiger partial charge in [-0.15, -0.1) is 0 Å². The number of hydrogen-bond acceptors (Lipinski definition) is 4. The zero-order valence-electron chi connectivity index (χ0n) is 9.44. The van der Waals surface area contributed by atoms with E-state index in [2.05, 4.69) is 23.2 Å². The minimum absolute atomic E-state index is 0.477. The highest BCUT2D eigenvalue weighted by molar-refractivity contribution is 7.91. The second kappa shape index (κ2) is 5.23. The molecule has 4 nitrogen and oxygen atoms in total. The van der Waals surface area contributed by atoms with Crippen LogP contribution in [0.5, 0.6) is 0 Å². The predicted molar refractivity (Wildman–Crippen MR) is 62.9 cm³/mol. The lowest BCUT2D eigenvalue weighted by Crippen LogP contribution is -2.21. The van der Waals surface area contributed by atoms with Crippen molar-refractivity contribution in [2.24, 2.45) is 0 Å². The molecule has 0 amide bonds. The van der Waals surface area contributed by atoms with E-state index in [-0.39, 0.29) is 0 Å². The van der Waals surface area contributed by atoms with Crippen LogP contribution in [0, 0.1) is 23.2 Å². The van der Waals surface area contributed by atoms with Crippen LogP contribution >= 0.6 is 7.37 Å². The van der Waals surface area contributed by atoms with E-state index in [1.165, 1.54) is 13.8 Å². The molecular formula is C10H12FO4PS. The van der Waals surface area contributed by atoms with Crippen molar-refractivity contribution in [3.8, 4) is 23.2 Å². The van der Waals surface area contributed by atoms with Crippen molar-refractivity contribution in [3.05, 3.63) is 0 Å². The van der Waals surface area contributed by atoms with E-state index in [0.29, 0.717) is 0 Å². The maximum Gasteiger partial charge on any atom is 0.345 e. The van der Waals surface area contributed by atoms with Gasteiger partial charge >= 0.3 is 7.37 Å². The van der Waals surface area contributed by atoms with Crippen molar-refractivity contribution < 1.29 is 21.9 Å². The first-order valence-electron chi connectivity index (χ1n) is 4.83. The quantitative estimate of drug-likeness (QED) is 0.565. The molecule has 0 N–H and O–H groups in total. The Morgan fingerprint density at radius 3 is 2.12 bits per heavy atom. The lowest BCUT2D eigenvalue weighted by atomic mass is 10.3. The van der Waals surface area contributed by atoms with Crippen LogP contribution in [0.4, 0.5) is 4.39 Å². The average Bonchev–Trinajstić information content (AvgIpc) is 2.39. The fourth-order valence-electron chi connectivity index (χ4n) is 1.43. The van der Waals surface area contributed by atoms with Gasteiger partial charge in [0, 0.05) is 11.3 Å². The summed E-state index contributed by atoms with van der Waals surface area (Å²) in [6.07, 6.45) is -2.92. The fraction of sp³-hybridized carbons (Fsp3) is 0.600. The maximum absolute atomic E-state index is 13.4. The summed E-state index contributed by atoms with van der Waals surface area (Å²) >= 11 is 0. The van der Waals surface area contributed by atoms with Crippen LogP contribution in [0.25, 0.3) is 0 Å². The highest BCUT2D eigenvalue weighted by atomic mass is 32.2. The monoisotopic (exact) mass is 278 g/mol. The third kappa shape index (κ3) is 3.85. The first-order valence-corrected chi connectivity index (χ1v) is 8.27. The van der Waals surface area contributed by atoms with E-state index in [9.17, 15) is 17.4 Å². The van der Waals surface area contributed by atoms with Gasteiger partial charge in [0.2, 0.25) is 0 Å². The largest absolute Gasteiger partial charge is 0.345 e. The molecule has 0 aromatic carbocycles. The van der Waals surface area contributed by atoms with Crippen LogP contribution in [0.1, 0.15) is 13.8 Å². The highest BCUT2D eigenvalue weighted by Crippen LogP contribution is 2.47. The average molecular weight is 278 g/mol. The summed E-state index contributed by atoms with van der Waals surface area (Å²) in [5.41, 5.74) is 4.57. The van der Waals surface area contributed by atoms with Gasteiger partial charge in [0.15, 0.2) is 9.84 Å². The SMILES string of the molecule is CC#CP(=O)(C#CC)OC1CS(=O)(=O)CC1F. The van der Waals surface area contributed by atoms with Crippen LogP contribution in [-0.4, -0.2) is 32.2 Å². The van der Waals surface area contributed by atoms with Crippen LogP contribution in [0.15, 0.2) is 0 Å². The Labute approximate surface area is 100 Å². The molecule has 1 aliphatic heterocycles.